The van der Waals surface area contributed by atoms with Crippen molar-refractivity contribution in [3.8, 4) is 5.75 Å². The van der Waals surface area contributed by atoms with Crippen molar-refractivity contribution in [1.82, 2.24) is 10.2 Å². The van der Waals surface area contributed by atoms with Crippen LogP contribution >= 0.6 is 0 Å². The van der Waals surface area contributed by atoms with Crippen LogP contribution < -0.4 is 10.1 Å². The van der Waals surface area contributed by atoms with Crippen molar-refractivity contribution in [2.45, 2.75) is 37.9 Å². The molecule has 1 N–H and O–H groups in total. The zero-order valence-corrected chi connectivity index (χ0v) is 16.3. The summed E-state index contributed by atoms with van der Waals surface area (Å²) in [5, 5.41) is 2.81. The van der Waals surface area contributed by atoms with E-state index in [1.165, 1.54) is 12.1 Å². The quantitative estimate of drug-likeness (QED) is 0.779. The Morgan fingerprint density at radius 1 is 1.00 bits per heavy atom. The van der Waals surface area contributed by atoms with Crippen LogP contribution in [0.25, 0.3) is 0 Å². The number of amides is 2. The number of carbonyl (C=O) groups is 2. The van der Waals surface area contributed by atoms with Crippen molar-refractivity contribution in [2.24, 2.45) is 0 Å². The summed E-state index contributed by atoms with van der Waals surface area (Å²) in [4.78, 5) is 26.1. The van der Waals surface area contributed by atoms with Crippen LogP contribution in [-0.4, -0.2) is 36.0 Å². The predicted octanol–water partition coefficient (Wildman–Crippen LogP) is 4.42. The molecule has 0 bridgehead atoms. The molecule has 8 heteroatoms. The van der Waals surface area contributed by atoms with Crippen LogP contribution in [0.15, 0.2) is 54.6 Å². The normalized spacial score (nSPS) is 15.0. The van der Waals surface area contributed by atoms with Crippen LogP contribution in [0.2, 0.25) is 0 Å². The Hall–Kier alpha value is -3.03. The first kappa shape index (κ1) is 21.7. The van der Waals surface area contributed by atoms with Gasteiger partial charge in [0.1, 0.15) is 5.75 Å². The Morgan fingerprint density at radius 2 is 1.63 bits per heavy atom. The zero-order chi connectivity index (χ0) is 21.6. The van der Waals surface area contributed by atoms with Gasteiger partial charge in [0.25, 0.3) is 0 Å². The van der Waals surface area contributed by atoms with Gasteiger partial charge in [0.05, 0.1) is 5.56 Å². The van der Waals surface area contributed by atoms with Gasteiger partial charge in [-0.25, -0.2) is 4.79 Å². The lowest BCUT2D eigenvalue weighted by Crippen LogP contribution is -2.47. The molecule has 2 amide bonds. The Labute approximate surface area is 172 Å². The molecule has 3 rings (SSSR count). The molecular formula is C22H23F3N2O3. The Balaban J connectivity index is 1.39. The minimum Gasteiger partial charge on any atom is -0.410 e. The molecule has 0 unspecified atom stereocenters. The first-order chi connectivity index (χ1) is 14.3. The van der Waals surface area contributed by atoms with E-state index in [0.29, 0.717) is 43.7 Å². The van der Waals surface area contributed by atoms with Gasteiger partial charge < -0.3 is 15.0 Å². The summed E-state index contributed by atoms with van der Waals surface area (Å²) in [6.45, 7) is 1.03. The van der Waals surface area contributed by atoms with Crippen molar-refractivity contribution < 1.29 is 27.5 Å². The first-order valence-electron chi connectivity index (χ1n) is 9.78. The summed E-state index contributed by atoms with van der Waals surface area (Å²) in [5.74, 6) is 0.422. The Morgan fingerprint density at radius 3 is 2.23 bits per heavy atom. The highest BCUT2D eigenvalue weighted by atomic mass is 19.4. The van der Waals surface area contributed by atoms with Crippen LogP contribution in [0.1, 0.15) is 30.4 Å². The second-order valence-electron chi connectivity index (χ2n) is 7.20. The number of hydrogen-bond acceptors (Lipinski definition) is 3. The molecule has 0 saturated carbocycles. The molecule has 0 aromatic heterocycles. The molecule has 0 atom stereocenters. The van der Waals surface area contributed by atoms with Gasteiger partial charge in [0.2, 0.25) is 5.91 Å². The molecule has 0 aliphatic carbocycles. The van der Waals surface area contributed by atoms with Crippen LogP contribution in [0.5, 0.6) is 5.75 Å². The number of nitrogens with one attached hydrogen (secondary N) is 1. The number of likely N-dealkylation sites (tertiary alicyclic amines) is 1. The molecule has 5 nitrogen and oxygen atoms in total. The largest absolute Gasteiger partial charge is 0.416 e. The average Bonchev–Trinajstić information content (AvgIpc) is 2.73. The molecule has 2 aromatic carbocycles. The highest BCUT2D eigenvalue weighted by Gasteiger charge is 2.30. The van der Waals surface area contributed by atoms with E-state index in [-0.39, 0.29) is 18.4 Å². The van der Waals surface area contributed by atoms with Crippen LogP contribution in [0, 0.1) is 0 Å². The third-order valence-corrected chi connectivity index (χ3v) is 5.03. The molecule has 1 saturated heterocycles. The highest BCUT2D eigenvalue weighted by molar-refractivity contribution is 5.76. The molecule has 1 fully saturated rings. The van der Waals surface area contributed by atoms with Gasteiger partial charge in [-0.15, -0.1) is 0 Å². The Kier molecular flexibility index (Phi) is 6.97. The molecule has 0 spiro atoms. The minimum atomic E-state index is -4.36. The zero-order valence-electron chi connectivity index (χ0n) is 16.3. The van der Waals surface area contributed by atoms with E-state index in [1.807, 2.05) is 6.07 Å². The third kappa shape index (κ3) is 6.23. The maximum Gasteiger partial charge on any atom is 0.416 e. The second-order valence-corrected chi connectivity index (χ2v) is 7.20. The predicted molar refractivity (Wildman–Crippen MR) is 105 cm³/mol. The number of piperidine rings is 1. The lowest BCUT2D eigenvalue weighted by molar-refractivity contribution is -0.137. The van der Waals surface area contributed by atoms with Gasteiger partial charge in [-0.1, -0.05) is 30.3 Å². The first-order valence-corrected chi connectivity index (χ1v) is 9.78. The van der Waals surface area contributed by atoms with Crippen molar-refractivity contribution in [3.05, 3.63) is 65.7 Å². The fourth-order valence-electron chi connectivity index (χ4n) is 3.33. The molecular weight excluding hydrogens is 397 g/mol. The molecule has 0 radical (unpaired) electrons. The summed E-state index contributed by atoms with van der Waals surface area (Å²) in [6, 6.07) is 13.6. The van der Waals surface area contributed by atoms with Crippen molar-refractivity contribution >= 4 is 12.0 Å². The number of halogens is 3. The van der Waals surface area contributed by atoms with E-state index >= 15 is 0 Å². The fraction of sp³-hybridized carbons (Fsp3) is 0.364. The molecule has 2 aromatic rings. The summed E-state index contributed by atoms with van der Waals surface area (Å²) in [5.41, 5.74) is -0.00509. The van der Waals surface area contributed by atoms with E-state index < -0.39 is 17.8 Å². The smallest absolute Gasteiger partial charge is 0.410 e. The molecule has 160 valence electrons. The van der Waals surface area contributed by atoms with E-state index in [0.717, 1.165) is 12.1 Å². The maximum absolute atomic E-state index is 12.6. The van der Waals surface area contributed by atoms with Crippen LogP contribution in [-0.2, 0) is 17.4 Å². The van der Waals surface area contributed by atoms with E-state index in [1.54, 1.807) is 29.2 Å². The van der Waals surface area contributed by atoms with Crippen molar-refractivity contribution in [3.63, 3.8) is 0 Å². The van der Waals surface area contributed by atoms with Gasteiger partial charge in [-0.2, -0.15) is 13.2 Å². The molecule has 1 heterocycles. The van der Waals surface area contributed by atoms with Gasteiger partial charge in [-0.3, -0.25) is 4.79 Å². The number of rotatable bonds is 5. The van der Waals surface area contributed by atoms with Gasteiger partial charge >= 0.3 is 12.3 Å². The highest BCUT2D eigenvalue weighted by Crippen LogP contribution is 2.29. The monoisotopic (exact) mass is 420 g/mol. The summed E-state index contributed by atoms with van der Waals surface area (Å²) in [6.07, 6.45) is -3.02. The number of benzene rings is 2. The van der Waals surface area contributed by atoms with Crippen LogP contribution in [0.4, 0.5) is 18.0 Å². The fourth-order valence-corrected chi connectivity index (χ4v) is 3.33. The summed E-state index contributed by atoms with van der Waals surface area (Å²) >= 11 is 0. The van der Waals surface area contributed by atoms with Crippen LogP contribution in [0.3, 0.4) is 0 Å². The lowest BCUT2D eigenvalue weighted by Gasteiger charge is -2.32. The average molecular weight is 420 g/mol. The molecule has 30 heavy (non-hydrogen) atoms. The third-order valence-electron chi connectivity index (χ3n) is 5.03. The topological polar surface area (TPSA) is 58.6 Å². The number of ether oxygens (including phenoxy) is 1. The van der Waals surface area contributed by atoms with E-state index in [2.05, 4.69) is 5.32 Å². The number of hydrogen-bond donors (Lipinski definition) is 1. The van der Waals surface area contributed by atoms with E-state index in [4.69, 9.17) is 4.74 Å². The standard InChI is InChI=1S/C22H23F3N2O3/c23-22(24,25)17-9-6-16(7-10-17)8-11-20(28)27-14-12-18(13-15-27)26-21(29)30-19-4-2-1-3-5-19/h1-7,9-10,18H,8,11-15H2,(H,26,29). The minimum absolute atomic E-state index is 0.0415. The van der Waals surface area contributed by atoms with Gasteiger partial charge in [0.15, 0.2) is 0 Å². The SMILES string of the molecule is O=C(NC1CCN(C(=O)CCc2ccc(C(F)(F)F)cc2)CC1)Oc1ccccc1. The summed E-state index contributed by atoms with van der Waals surface area (Å²) < 4.78 is 43.0. The number of aryl methyl sites for hydroxylation is 1. The lowest BCUT2D eigenvalue weighted by atomic mass is 10.0. The van der Waals surface area contributed by atoms with E-state index in [9.17, 15) is 22.8 Å². The summed E-state index contributed by atoms with van der Waals surface area (Å²) in [7, 11) is 0. The number of carbonyl (C=O) groups excluding carboxylic acids is 2. The Bertz CT molecular complexity index is 846. The molecule has 1 aliphatic rings. The maximum atomic E-state index is 12.6. The number of nitrogens with zero attached hydrogens (tertiary/aromatic N) is 1. The number of para-hydroxylation sites is 1. The number of alkyl halides is 3. The van der Waals surface area contributed by atoms with Crippen molar-refractivity contribution in [1.29, 1.82) is 0 Å². The molecule has 1 aliphatic heterocycles. The van der Waals surface area contributed by atoms with Gasteiger partial charge in [0, 0.05) is 25.6 Å². The second kappa shape index (κ2) is 9.65. The van der Waals surface area contributed by atoms with Crippen molar-refractivity contribution in [2.75, 3.05) is 13.1 Å². The van der Waals surface area contributed by atoms with Gasteiger partial charge in [-0.05, 0) is 49.1 Å².